The molecule has 29 heavy (non-hydrogen) atoms. The number of nitro benzene ring substituents is 1. The lowest BCUT2D eigenvalue weighted by atomic mass is 10.1. The summed E-state index contributed by atoms with van der Waals surface area (Å²) in [5, 5.41) is 15.7. The van der Waals surface area contributed by atoms with Gasteiger partial charge in [0.25, 0.3) is 11.6 Å². The van der Waals surface area contributed by atoms with Crippen molar-refractivity contribution in [3.63, 3.8) is 0 Å². The monoisotopic (exact) mass is 412 g/mol. The number of carbonyl (C=O) groups is 1. The number of benzene rings is 2. The Morgan fingerprint density at radius 1 is 1.07 bits per heavy atom. The third kappa shape index (κ3) is 3.79. The van der Waals surface area contributed by atoms with Gasteiger partial charge in [0.2, 0.25) is 0 Å². The number of piperazine rings is 1. The molecule has 8 nitrogen and oxygen atoms in total. The molecule has 1 fully saturated rings. The highest BCUT2D eigenvalue weighted by Gasteiger charge is 2.27. The minimum atomic E-state index is -0.390. The third-order valence-corrected chi connectivity index (χ3v) is 5.18. The molecule has 1 aromatic heterocycles. The van der Waals surface area contributed by atoms with Crippen molar-refractivity contribution in [2.24, 2.45) is 0 Å². The molecule has 0 atom stereocenters. The van der Waals surface area contributed by atoms with Crippen LogP contribution in [0.5, 0.6) is 0 Å². The zero-order valence-electron chi connectivity index (χ0n) is 15.3. The van der Waals surface area contributed by atoms with Crippen molar-refractivity contribution in [2.75, 3.05) is 31.1 Å². The van der Waals surface area contributed by atoms with E-state index in [1.807, 2.05) is 17.0 Å². The maximum Gasteiger partial charge on any atom is 0.292 e. The predicted octanol–water partition coefficient (Wildman–Crippen LogP) is 3.87. The summed E-state index contributed by atoms with van der Waals surface area (Å²) in [7, 11) is 0. The van der Waals surface area contributed by atoms with Crippen LogP contribution in [0.15, 0.2) is 59.1 Å². The van der Waals surface area contributed by atoms with Gasteiger partial charge in [-0.1, -0.05) is 41.0 Å². The molecule has 0 unspecified atom stereocenters. The van der Waals surface area contributed by atoms with Crippen LogP contribution in [0.25, 0.3) is 11.3 Å². The van der Waals surface area contributed by atoms with Gasteiger partial charge >= 0.3 is 0 Å². The zero-order chi connectivity index (χ0) is 20.4. The Bertz CT molecular complexity index is 1060. The second-order valence-electron chi connectivity index (χ2n) is 6.58. The molecule has 1 aliphatic heterocycles. The van der Waals surface area contributed by atoms with E-state index in [0.717, 1.165) is 0 Å². The van der Waals surface area contributed by atoms with Crippen molar-refractivity contribution in [1.82, 2.24) is 10.1 Å². The number of carbonyl (C=O) groups excluding carboxylic acids is 1. The molecular formula is C20H17ClN4O4. The smallest absolute Gasteiger partial charge is 0.292 e. The van der Waals surface area contributed by atoms with Crippen LogP contribution in [0.1, 0.15) is 10.5 Å². The van der Waals surface area contributed by atoms with Gasteiger partial charge in [-0.25, -0.2) is 0 Å². The fraction of sp³-hybridized carbons (Fsp3) is 0.200. The van der Waals surface area contributed by atoms with Gasteiger partial charge in [0, 0.05) is 43.9 Å². The molecule has 0 radical (unpaired) electrons. The third-order valence-electron chi connectivity index (χ3n) is 4.85. The van der Waals surface area contributed by atoms with Gasteiger partial charge in [-0.2, -0.15) is 0 Å². The molecule has 0 saturated carbocycles. The molecule has 9 heteroatoms. The van der Waals surface area contributed by atoms with Gasteiger partial charge in [0.15, 0.2) is 11.5 Å². The second-order valence-corrected chi connectivity index (χ2v) is 6.99. The lowest BCUT2D eigenvalue weighted by molar-refractivity contribution is -0.384. The van der Waals surface area contributed by atoms with E-state index in [0.29, 0.717) is 48.2 Å². The number of halogens is 1. The number of amides is 1. The normalized spacial score (nSPS) is 14.1. The van der Waals surface area contributed by atoms with Gasteiger partial charge in [-0.3, -0.25) is 14.9 Å². The molecular weight excluding hydrogens is 396 g/mol. The highest BCUT2D eigenvalue weighted by molar-refractivity contribution is 6.33. The maximum absolute atomic E-state index is 12.8. The van der Waals surface area contributed by atoms with E-state index < -0.39 is 4.92 Å². The Morgan fingerprint density at radius 2 is 1.76 bits per heavy atom. The van der Waals surface area contributed by atoms with Crippen LogP contribution in [0, 0.1) is 10.1 Å². The number of hydrogen-bond acceptors (Lipinski definition) is 6. The highest BCUT2D eigenvalue weighted by atomic mass is 35.5. The molecule has 0 bridgehead atoms. The number of rotatable bonds is 4. The molecule has 1 saturated heterocycles. The van der Waals surface area contributed by atoms with Crippen LogP contribution < -0.4 is 4.90 Å². The minimum absolute atomic E-state index is 0.0631. The Labute approximate surface area is 171 Å². The number of hydrogen-bond donors (Lipinski definition) is 0. The predicted molar refractivity (Wildman–Crippen MR) is 108 cm³/mol. The van der Waals surface area contributed by atoms with E-state index in [2.05, 4.69) is 5.16 Å². The molecule has 0 spiro atoms. The molecule has 4 rings (SSSR count). The number of nitro groups is 1. The number of aromatic nitrogens is 1. The van der Waals surface area contributed by atoms with E-state index in [1.54, 1.807) is 41.3 Å². The average Bonchev–Trinajstić information content (AvgIpc) is 3.23. The topological polar surface area (TPSA) is 92.7 Å². The second kappa shape index (κ2) is 7.92. The van der Waals surface area contributed by atoms with Gasteiger partial charge < -0.3 is 14.3 Å². The standard InChI is InChI=1S/C20H17ClN4O4/c21-15-6-2-1-5-14(15)19-13-16(22-29-19)20(26)24-11-9-23(10-12-24)17-7-3-4-8-18(17)25(27)28/h1-8,13H,9-12H2. The van der Waals surface area contributed by atoms with Gasteiger partial charge in [0.05, 0.1) is 9.95 Å². The van der Waals surface area contributed by atoms with Crippen LogP contribution in [0.2, 0.25) is 5.02 Å². The van der Waals surface area contributed by atoms with Gasteiger partial charge in [-0.15, -0.1) is 0 Å². The summed E-state index contributed by atoms with van der Waals surface area (Å²) < 4.78 is 5.31. The van der Waals surface area contributed by atoms with Crippen molar-refractivity contribution in [1.29, 1.82) is 0 Å². The molecule has 0 aliphatic carbocycles. The quantitative estimate of drug-likeness (QED) is 0.477. The highest BCUT2D eigenvalue weighted by Crippen LogP contribution is 2.30. The molecule has 1 amide bonds. The van der Waals surface area contributed by atoms with Crippen LogP contribution >= 0.6 is 11.6 Å². The maximum atomic E-state index is 12.8. The van der Waals surface area contributed by atoms with Crippen molar-refractivity contribution in [3.8, 4) is 11.3 Å². The van der Waals surface area contributed by atoms with E-state index in [-0.39, 0.29) is 17.3 Å². The van der Waals surface area contributed by atoms with E-state index in [4.69, 9.17) is 16.1 Å². The largest absolute Gasteiger partial charge is 0.362 e. The van der Waals surface area contributed by atoms with Crippen molar-refractivity contribution in [2.45, 2.75) is 0 Å². The van der Waals surface area contributed by atoms with Crippen molar-refractivity contribution < 1.29 is 14.2 Å². The zero-order valence-corrected chi connectivity index (χ0v) is 16.1. The fourth-order valence-corrected chi connectivity index (χ4v) is 3.59. The lowest BCUT2D eigenvalue weighted by Crippen LogP contribution is -2.49. The first kappa shape index (κ1) is 18.9. The summed E-state index contributed by atoms with van der Waals surface area (Å²) in [5.41, 5.74) is 1.50. The molecule has 2 heterocycles. The number of para-hydroxylation sites is 2. The van der Waals surface area contributed by atoms with Gasteiger partial charge in [-0.05, 0) is 18.2 Å². The fourth-order valence-electron chi connectivity index (χ4n) is 3.36. The SMILES string of the molecule is O=C(c1cc(-c2ccccc2Cl)on1)N1CCN(c2ccccc2[N+](=O)[O-])CC1. The van der Waals surface area contributed by atoms with E-state index >= 15 is 0 Å². The molecule has 0 N–H and O–H groups in total. The summed E-state index contributed by atoms with van der Waals surface area (Å²) >= 11 is 6.17. The first-order valence-electron chi connectivity index (χ1n) is 9.04. The first-order valence-corrected chi connectivity index (χ1v) is 9.41. The van der Waals surface area contributed by atoms with Crippen LogP contribution in [-0.2, 0) is 0 Å². The molecule has 148 valence electrons. The minimum Gasteiger partial charge on any atom is -0.362 e. The summed E-state index contributed by atoms with van der Waals surface area (Å²) in [6.07, 6.45) is 0. The van der Waals surface area contributed by atoms with E-state index in [9.17, 15) is 14.9 Å². The van der Waals surface area contributed by atoms with Crippen LogP contribution in [0.4, 0.5) is 11.4 Å². The molecule has 2 aromatic carbocycles. The summed E-state index contributed by atoms with van der Waals surface area (Å²) in [4.78, 5) is 27.2. The Balaban J connectivity index is 1.45. The van der Waals surface area contributed by atoms with Crippen LogP contribution in [-0.4, -0.2) is 47.1 Å². The summed E-state index contributed by atoms with van der Waals surface area (Å²) in [5.74, 6) is 0.187. The average molecular weight is 413 g/mol. The van der Waals surface area contributed by atoms with Crippen molar-refractivity contribution >= 4 is 28.9 Å². The Hall–Kier alpha value is -3.39. The van der Waals surface area contributed by atoms with Crippen molar-refractivity contribution in [3.05, 3.63) is 75.4 Å². The number of nitrogens with zero attached hydrogens (tertiary/aromatic N) is 4. The summed E-state index contributed by atoms with van der Waals surface area (Å²) in [6.45, 7) is 1.84. The van der Waals surface area contributed by atoms with Gasteiger partial charge in [0.1, 0.15) is 5.69 Å². The molecule has 3 aromatic rings. The summed E-state index contributed by atoms with van der Waals surface area (Å²) in [6, 6.07) is 15.4. The first-order chi connectivity index (χ1) is 14.0. The van der Waals surface area contributed by atoms with Crippen LogP contribution in [0.3, 0.4) is 0 Å². The van der Waals surface area contributed by atoms with E-state index in [1.165, 1.54) is 6.07 Å². The molecule has 1 aliphatic rings. The Kier molecular flexibility index (Phi) is 5.18. The Morgan fingerprint density at radius 3 is 2.48 bits per heavy atom. The lowest BCUT2D eigenvalue weighted by Gasteiger charge is -2.35. The number of anilines is 1.